The minimum atomic E-state index is 0.0405. The van der Waals surface area contributed by atoms with Gasteiger partial charge in [0, 0.05) is 5.56 Å². The van der Waals surface area contributed by atoms with Crippen LogP contribution in [0, 0.1) is 13.8 Å². The van der Waals surface area contributed by atoms with Gasteiger partial charge in [-0.3, -0.25) is 4.79 Å². The zero-order chi connectivity index (χ0) is 16.3. The molecule has 0 amide bonds. The Balaban J connectivity index is 2.14. The van der Waals surface area contributed by atoms with Crippen molar-refractivity contribution in [1.82, 2.24) is 0 Å². The Bertz CT molecular complexity index is 698. The van der Waals surface area contributed by atoms with Gasteiger partial charge in [0.15, 0.2) is 5.78 Å². The smallest absolute Gasteiger partial charge is 0.185 e. The summed E-state index contributed by atoms with van der Waals surface area (Å²) in [4.78, 5) is 12.2. The Morgan fingerprint density at radius 2 is 1.55 bits per heavy atom. The number of carbonyl (C=O) groups is 1. The first-order valence-corrected chi connectivity index (χ1v) is 7.67. The standard InChI is InChI=1S/C21H24O/c1-15-6-7-17(14-16(15)2)8-13-20(22)18-9-11-19(12-10-18)21(3,4)5/h6-14H,1-5H3/b13-8+. The fourth-order valence-corrected chi connectivity index (χ4v) is 2.27. The van der Waals surface area contributed by atoms with Gasteiger partial charge in [0.05, 0.1) is 0 Å². The molecule has 0 unspecified atom stereocenters. The van der Waals surface area contributed by atoms with Crippen molar-refractivity contribution in [3.05, 3.63) is 76.4 Å². The quantitative estimate of drug-likeness (QED) is 0.539. The maximum atomic E-state index is 12.2. The summed E-state index contributed by atoms with van der Waals surface area (Å²) in [5, 5.41) is 0. The molecule has 2 aromatic carbocycles. The molecule has 0 spiro atoms. The minimum Gasteiger partial charge on any atom is -0.289 e. The van der Waals surface area contributed by atoms with Crippen LogP contribution in [0.5, 0.6) is 0 Å². The van der Waals surface area contributed by atoms with E-state index in [-0.39, 0.29) is 11.2 Å². The lowest BCUT2D eigenvalue weighted by atomic mass is 9.86. The lowest BCUT2D eigenvalue weighted by molar-refractivity contribution is 0.104. The van der Waals surface area contributed by atoms with E-state index >= 15 is 0 Å². The number of hydrogen-bond donors (Lipinski definition) is 0. The number of hydrogen-bond acceptors (Lipinski definition) is 1. The van der Waals surface area contributed by atoms with Gasteiger partial charge < -0.3 is 0 Å². The van der Waals surface area contributed by atoms with Crippen molar-refractivity contribution < 1.29 is 4.79 Å². The molecule has 22 heavy (non-hydrogen) atoms. The molecule has 0 aliphatic carbocycles. The maximum absolute atomic E-state index is 12.2. The van der Waals surface area contributed by atoms with E-state index in [1.807, 2.05) is 36.4 Å². The first kappa shape index (κ1) is 16.2. The van der Waals surface area contributed by atoms with Gasteiger partial charge in [-0.15, -0.1) is 0 Å². The fraction of sp³-hybridized carbons (Fsp3) is 0.286. The second-order valence-corrected chi connectivity index (χ2v) is 6.87. The molecule has 2 rings (SSSR count). The van der Waals surface area contributed by atoms with E-state index in [1.165, 1.54) is 16.7 Å². The molecule has 0 fully saturated rings. The summed E-state index contributed by atoms with van der Waals surface area (Å²) in [6, 6.07) is 14.1. The number of aryl methyl sites for hydroxylation is 2. The Kier molecular flexibility index (Phi) is 4.65. The SMILES string of the molecule is Cc1ccc(/C=C/C(=O)c2ccc(C(C)(C)C)cc2)cc1C. The molecule has 1 heteroatoms. The van der Waals surface area contributed by atoms with Gasteiger partial charge in [0.1, 0.15) is 0 Å². The monoisotopic (exact) mass is 292 g/mol. The van der Waals surface area contributed by atoms with Crippen LogP contribution in [0.15, 0.2) is 48.5 Å². The predicted molar refractivity (Wildman–Crippen MR) is 94.4 cm³/mol. The normalized spacial score (nSPS) is 11.9. The molecule has 1 nitrogen and oxygen atoms in total. The van der Waals surface area contributed by atoms with Crippen LogP contribution in [0.25, 0.3) is 6.08 Å². The molecule has 0 aromatic heterocycles. The summed E-state index contributed by atoms with van der Waals surface area (Å²) < 4.78 is 0. The van der Waals surface area contributed by atoms with Crippen LogP contribution in [0.4, 0.5) is 0 Å². The summed E-state index contributed by atoms with van der Waals surface area (Å²) in [5.41, 5.74) is 5.64. The van der Waals surface area contributed by atoms with Crippen LogP contribution < -0.4 is 0 Å². The Labute approximate surface area is 133 Å². The molecule has 2 aromatic rings. The lowest BCUT2D eigenvalue weighted by Crippen LogP contribution is -2.11. The molecule has 0 heterocycles. The van der Waals surface area contributed by atoms with E-state index < -0.39 is 0 Å². The number of allylic oxidation sites excluding steroid dienone is 1. The zero-order valence-corrected chi connectivity index (χ0v) is 14.1. The van der Waals surface area contributed by atoms with Gasteiger partial charge in [0.2, 0.25) is 0 Å². The molecule has 0 saturated carbocycles. The highest BCUT2D eigenvalue weighted by molar-refractivity contribution is 6.06. The van der Waals surface area contributed by atoms with E-state index in [9.17, 15) is 4.79 Å². The molecule has 0 bridgehead atoms. The Hall–Kier alpha value is -2.15. The lowest BCUT2D eigenvalue weighted by Gasteiger charge is -2.18. The minimum absolute atomic E-state index is 0.0405. The van der Waals surface area contributed by atoms with Crippen LogP contribution in [0.2, 0.25) is 0 Å². The third-order valence-corrected chi connectivity index (χ3v) is 3.99. The molecule has 0 N–H and O–H groups in total. The highest BCUT2D eigenvalue weighted by Gasteiger charge is 2.13. The summed E-state index contributed by atoms with van der Waals surface area (Å²) in [5.74, 6) is 0.0405. The van der Waals surface area contributed by atoms with Crippen LogP contribution in [-0.2, 0) is 5.41 Å². The number of rotatable bonds is 3. The van der Waals surface area contributed by atoms with Crippen LogP contribution in [-0.4, -0.2) is 5.78 Å². The third-order valence-electron chi connectivity index (χ3n) is 3.99. The van der Waals surface area contributed by atoms with E-state index in [4.69, 9.17) is 0 Å². The summed E-state index contributed by atoms with van der Waals surface area (Å²) in [6.07, 6.45) is 3.53. The van der Waals surface area contributed by atoms with Gasteiger partial charge in [-0.25, -0.2) is 0 Å². The van der Waals surface area contributed by atoms with Gasteiger partial charge in [0.25, 0.3) is 0 Å². The first-order valence-electron chi connectivity index (χ1n) is 7.67. The van der Waals surface area contributed by atoms with Crippen molar-refractivity contribution in [2.75, 3.05) is 0 Å². The topological polar surface area (TPSA) is 17.1 Å². The van der Waals surface area contributed by atoms with Crippen molar-refractivity contribution in [2.45, 2.75) is 40.0 Å². The second-order valence-electron chi connectivity index (χ2n) is 6.87. The molecule has 0 radical (unpaired) electrons. The van der Waals surface area contributed by atoms with Crippen LogP contribution >= 0.6 is 0 Å². The van der Waals surface area contributed by atoms with Crippen molar-refractivity contribution in [2.24, 2.45) is 0 Å². The van der Waals surface area contributed by atoms with Crippen LogP contribution in [0.1, 0.15) is 53.4 Å². The average molecular weight is 292 g/mol. The van der Waals surface area contributed by atoms with E-state index in [0.29, 0.717) is 0 Å². The molecule has 0 saturated heterocycles. The van der Waals surface area contributed by atoms with Gasteiger partial charge in [-0.1, -0.05) is 69.3 Å². The molecule has 0 atom stereocenters. The van der Waals surface area contributed by atoms with E-state index in [2.05, 4.69) is 46.8 Å². The third kappa shape index (κ3) is 3.94. The molecular formula is C21H24O. The van der Waals surface area contributed by atoms with Crippen LogP contribution in [0.3, 0.4) is 0 Å². The predicted octanol–water partition coefficient (Wildman–Crippen LogP) is 5.50. The first-order chi connectivity index (χ1) is 10.3. The Morgan fingerprint density at radius 3 is 2.09 bits per heavy atom. The zero-order valence-electron chi connectivity index (χ0n) is 14.1. The fourth-order valence-electron chi connectivity index (χ4n) is 2.27. The Morgan fingerprint density at radius 1 is 0.909 bits per heavy atom. The maximum Gasteiger partial charge on any atom is 0.185 e. The number of carbonyl (C=O) groups excluding carboxylic acids is 1. The summed E-state index contributed by atoms with van der Waals surface area (Å²) in [6.45, 7) is 10.7. The van der Waals surface area contributed by atoms with E-state index in [1.54, 1.807) is 6.08 Å². The van der Waals surface area contributed by atoms with Gasteiger partial charge >= 0.3 is 0 Å². The van der Waals surface area contributed by atoms with Crippen molar-refractivity contribution in [3.8, 4) is 0 Å². The number of ketones is 1. The van der Waals surface area contributed by atoms with E-state index in [0.717, 1.165) is 11.1 Å². The summed E-state index contributed by atoms with van der Waals surface area (Å²) in [7, 11) is 0. The molecule has 0 aliphatic heterocycles. The van der Waals surface area contributed by atoms with Crippen molar-refractivity contribution in [1.29, 1.82) is 0 Å². The summed E-state index contributed by atoms with van der Waals surface area (Å²) >= 11 is 0. The van der Waals surface area contributed by atoms with Gasteiger partial charge in [-0.2, -0.15) is 0 Å². The molecular weight excluding hydrogens is 268 g/mol. The van der Waals surface area contributed by atoms with Crippen molar-refractivity contribution >= 4 is 11.9 Å². The van der Waals surface area contributed by atoms with Gasteiger partial charge in [-0.05, 0) is 47.6 Å². The average Bonchev–Trinajstić information content (AvgIpc) is 2.47. The largest absolute Gasteiger partial charge is 0.289 e. The highest BCUT2D eigenvalue weighted by Crippen LogP contribution is 2.22. The number of benzene rings is 2. The van der Waals surface area contributed by atoms with Crippen molar-refractivity contribution in [3.63, 3.8) is 0 Å². The molecule has 114 valence electrons. The molecule has 0 aliphatic rings. The highest BCUT2D eigenvalue weighted by atomic mass is 16.1. The second kappa shape index (κ2) is 6.31.